The first-order valence-electron chi connectivity index (χ1n) is 6.27. The van der Waals surface area contributed by atoms with Gasteiger partial charge in [-0.05, 0) is 19.1 Å². The van der Waals surface area contributed by atoms with Gasteiger partial charge < -0.3 is 10.2 Å². The summed E-state index contributed by atoms with van der Waals surface area (Å²) >= 11 is 6.25. The predicted octanol–water partition coefficient (Wildman–Crippen LogP) is 2.61. The molecule has 1 aromatic carbocycles. The molecule has 18 heavy (non-hydrogen) atoms. The van der Waals surface area contributed by atoms with Crippen LogP contribution >= 0.6 is 11.6 Å². The molecule has 1 aliphatic rings. The quantitative estimate of drug-likeness (QED) is 0.855. The van der Waals surface area contributed by atoms with Gasteiger partial charge in [0.1, 0.15) is 0 Å². The van der Waals surface area contributed by atoms with E-state index in [4.69, 9.17) is 11.6 Å². The van der Waals surface area contributed by atoms with E-state index in [9.17, 15) is 0 Å². The van der Waals surface area contributed by atoms with Gasteiger partial charge in [0, 0.05) is 42.9 Å². The highest BCUT2D eigenvalue weighted by Crippen LogP contribution is 2.30. The number of nitrogens with one attached hydrogen (secondary N) is 1. The first-order valence-corrected chi connectivity index (χ1v) is 6.65. The number of nitrogens with zero attached hydrogens (tertiary/aromatic N) is 2. The summed E-state index contributed by atoms with van der Waals surface area (Å²) in [5, 5.41) is 5.25. The minimum Gasteiger partial charge on any atom is -0.368 e. The zero-order valence-corrected chi connectivity index (χ0v) is 11.2. The van der Waals surface area contributed by atoms with Crippen molar-refractivity contribution in [3.63, 3.8) is 0 Å². The van der Waals surface area contributed by atoms with Gasteiger partial charge in [-0.1, -0.05) is 23.7 Å². The molecule has 1 fully saturated rings. The van der Waals surface area contributed by atoms with Gasteiger partial charge in [0.25, 0.3) is 0 Å². The summed E-state index contributed by atoms with van der Waals surface area (Å²) in [6.07, 6.45) is 0. The summed E-state index contributed by atoms with van der Waals surface area (Å²) in [6, 6.07) is 8.15. The number of aryl methyl sites for hydroxylation is 1. The lowest BCUT2D eigenvalue weighted by atomic mass is 10.1. The molecule has 1 saturated heterocycles. The number of hydrogen-bond donors (Lipinski definition) is 1. The van der Waals surface area contributed by atoms with Gasteiger partial charge in [0.15, 0.2) is 0 Å². The number of fused-ring (bicyclic) bond motifs is 1. The van der Waals surface area contributed by atoms with Crippen molar-refractivity contribution in [2.24, 2.45) is 0 Å². The van der Waals surface area contributed by atoms with Crippen molar-refractivity contribution in [1.29, 1.82) is 0 Å². The number of piperazine rings is 1. The largest absolute Gasteiger partial charge is 0.368 e. The Morgan fingerprint density at radius 3 is 2.83 bits per heavy atom. The third-order valence-corrected chi connectivity index (χ3v) is 3.66. The fourth-order valence-corrected chi connectivity index (χ4v) is 2.70. The van der Waals surface area contributed by atoms with Gasteiger partial charge >= 0.3 is 0 Å². The summed E-state index contributed by atoms with van der Waals surface area (Å²) in [7, 11) is 0. The second kappa shape index (κ2) is 4.75. The van der Waals surface area contributed by atoms with E-state index in [1.165, 1.54) is 5.69 Å². The summed E-state index contributed by atoms with van der Waals surface area (Å²) in [4.78, 5) is 6.96. The Hall–Kier alpha value is -1.32. The third kappa shape index (κ3) is 2.04. The molecule has 2 aromatic rings. The summed E-state index contributed by atoms with van der Waals surface area (Å²) < 4.78 is 0. The molecule has 1 aromatic heterocycles. The topological polar surface area (TPSA) is 28.2 Å². The number of halogens is 1. The van der Waals surface area contributed by atoms with Crippen LogP contribution in [0.4, 0.5) is 5.69 Å². The van der Waals surface area contributed by atoms with Crippen LogP contribution in [0, 0.1) is 6.92 Å². The smallest absolute Gasteiger partial charge is 0.0912 e. The molecule has 94 valence electrons. The lowest BCUT2D eigenvalue weighted by Crippen LogP contribution is -2.43. The van der Waals surface area contributed by atoms with Crippen LogP contribution in [0.25, 0.3) is 10.9 Å². The molecular weight excluding hydrogens is 246 g/mol. The Labute approximate surface area is 112 Å². The number of para-hydroxylation sites is 1. The lowest BCUT2D eigenvalue weighted by molar-refractivity contribution is 0.590. The van der Waals surface area contributed by atoms with Crippen LogP contribution in [-0.2, 0) is 0 Å². The summed E-state index contributed by atoms with van der Waals surface area (Å²) in [5.74, 6) is 0. The van der Waals surface area contributed by atoms with E-state index in [2.05, 4.69) is 27.3 Å². The summed E-state index contributed by atoms with van der Waals surface area (Å²) in [5.41, 5.74) is 3.18. The van der Waals surface area contributed by atoms with E-state index in [1.807, 2.05) is 19.1 Å². The van der Waals surface area contributed by atoms with Crippen molar-refractivity contribution < 1.29 is 0 Å². The highest BCUT2D eigenvalue weighted by molar-refractivity contribution is 6.35. The average Bonchev–Trinajstić information content (AvgIpc) is 2.40. The molecule has 0 bridgehead atoms. The zero-order chi connectivity index (χ0) is 12.5. The van der Waals surface area contributed by atoms with Gasteiger partial charge in [0.2, 0.25) is 0 Å². The molecule has 0 unspecified atom stereocenters. The fourth-order valence-electron chi connectivity index (χ4n) is 2.49. The predicted molar refractivity (Wildman–Crippen MR) is 76.6 cm³/mol. The number of aromatic nitrogens is 1. The van der Waals surface area contributed by atoms with Crippen molar-refractivity contribution in [1.82, 2.24) is 10.3 Å². The minimum absolute atomic E-state index is 0.729. The van der Waals surface area contributed by atoms with Crippen LogP contribution in [0.1, 0.15) is 5.69 Å². The fraction of sp³-hybridized carbons (Fsp3) is 0.357. The van der Waals surface area contributed by atoms with Crippen LogP contribution in [0.5, 0.6) is 0 Å². The molecule has 3 rings (SSSR count). The number of benzene rings is 1. The Bertz CT molecular complexity index is 577. The van der Waals surface area contributed by atoms with Crippen LogP contribution < -0.4 is 10.2 Å². The average molecular weight is 262 g/mol. The molecule has 0 amide bonds. The van der Waals surface area contributed by atoms with Crippen molar-refractivity contribution in [2.45, 2.75) is 6.92 Å². The maximum absolute atomic E-state index is 6.25. The number of pyridine rings is 1. The van der Waals surface area contributed by atoms with E-state index in [-0.39, 0.29) is 0 Å². The highest BCUT2D eigenvalue weighted by Gasteiger charge is 2.15. The first kappa shape index (κ1) is 11.8. The monoisotopic (exact) mass is 261 g/mol. The standard InChI is InChI=1S/C14H16ClN3/c1-10-9-13(18-7-5-16-6-8-18)11-3-2-4-12(15)14(11)17-10/h2-4,9,16H,5-8H2,1H3. The normalized spacial score (nSPS) is 16.2. The number of anilines is 1. The molecule has 1 N–H and O–H groups in total. The molecule has 0 atom stereocenters. The minimum atomic E-state index is 0.729. The molecule has 0 spiro atoms. The van der Waals surface area contributed by atoms with Gasteiger partial charge in [0.05, 0.1) is 10.5 Å². The maximum atomic E-state index is 6.25. The second-order valence-electron chi connectivity index (χ2n) is 4.66. The van der Waals surface area contributed by atoms with E-state index in [0.29, 0.717) is 0 Å². The zero-order valence-electron chi connectivity index (χ0n) is 10.4. The Morgan fingerprint density at radius 1 is 1.28 bits per heavy atom. The Kier molecular flexibility index (Phi) is 3.10. The SMILES string of the molecule is Cc1cc(N2CCNCC2)c2cccc(Cl)c2n1. The summed E-state index contributed by atoms with van der Waals surface area (Å²) in [6.45, 7) is 6.15. The maximum Gasteiger partial charge on any atom is 0.0912 e. The molecule has 4 heteroatoms. The van der Waals surface area contributed by atoms with Gasteiger partial charge in [-0.2, -0.15) is 0 Å². The van der Waals surface area contributed by atoms with E-state index >= 15 is 0 Å². The first-order chi connectivity index (χ1) is 8.75. The van der Waals surface area contributed by atoms with Gasteiger partial charge in [-0.25, -0.2) is 0 Å². The Morgan fingerprint density at radius 2 is 2.06 bits per heavy atom. The van der Waals surface area contributed by atoms with Crippen molar-refractivity contribution in [3.8, 4) is 0 Å². The van der Waals surface area contributed by atoms with Crippen molar-refractivity contribution >= 4 is 28.2 Å². The molecule has 0 aliphatic carbocycles. The van der Waals surface area contributed by atoms with Gasteiger partial charge in [-0.3, -0.25) is 4.98 Å². The van der Waals surface area contributed by atoms with Crippen LogP contribution in [0.2, 0.25) is 5.02 Å². The molecule has 0 saturated carbocycles. The van der Waals surface area contributed by atoms with Crippen LogP contribution in [0.15, 0.2) is 24.3 Å². The molecule has 0 radical (unpaired) electrons. The molecule has 1 aliphatic heterocycles. The van der Waals surface area contributed by atoms with Crippen molar-refractivity contribution in [2.75, 3.05) is 31.1 Å². The van der Waals surface area contributed by atoms with E-state index in [1.54, 1.807) is 0 Å². The molecule has 2 heterocycles. The van der Waals surface area contributed by atoms with E-state index < -0.39 is 0 Å². The van der Waals surface area contributed by atoms with E-state index in [0.717, 1.165) is 47.8 Å². The molecule has 3 nitrogen and oxygen atoms in total. The number of hydrogen-bond acceptors (Lipinski definition) is 3. The highest BCUT2D eigenvalue weighted by atomic mass is 35.5. The lowest BCUT2D eigenvalue weighted by Gasteiger charge is -2.30. The van der Waals surface area contributed by atoms with Gasteiger partial charge in [-0.15, -0.1) is 0 Å². The van der Waals surface area contributed by atoms with Crippen molar-refractivity contribution in [3.05, 3.63) is 35.0 Å². The Balaban J connectivity index is 2.18. The molecular formula is C14H16ClN3. The third-order valence-electron chi connectivity index (χ3n) is 3.35. The second-order valence-corrected chi connectivity index (χ2v) is 5.06. The number of rotatable bonds is 1. The van der Waals surface area contributed by atoms with Crippen LogP contribution in [0.3, 0.4) is 0 Å². The van der Waals surface area contributed by atoms with Crippen LogP contribution in [-0.4, -0.2) is 31.2 Å².